The highest BCUT2D eigenvalue weighted by Gasteiger charge is 2.27. The van der Waals surface area contributed by atoms with E-state index in [0.717, 1.165) is 51.4 Å². The van der Waals surface area contributed by atoms with E-state index in [1.165, 1.54) is 51.4 Å². The summed E-state index contributed by atoms with van der Waals surface area (Å²) >= 11 is 0. The lowest BCUT2D eigenvalue weighted by Crippen LogP contribution is -2.37. The van der Waals surface area contributed by atoms with Gasteiger partial charge in [-0.1, -0.05) is 138 Å². The Morgan fingerprint density at radius 3 is 1.77 bits per heavy atom. The molecule has 0 aliphatic carbocycles. The van der Waals surface area contributed by atoms with Gasteiger partial charge in [0, 0.05) is 12.8 Å². The highest BCUT2D eigenvalue weighted by molar-refractivity contribution is 7.47. The van der Waals surface area contributed by atoms with Gasteiger partial charge in [-0.2, -0.15) is 0 Å². The number of rotatable bonds is 38. The third-order valence-electron chi connectivity index (χ3n) is 8.88. The second-order valence-corrected chi connectivity index (χ2v) is 17.0. The fraction of sp³-hybridized carbons (Fsp3) is 0.696. The number of hydrogen-bond donors (Lipinski definition) is 2. The number of ether oxygens (including phenoxy) is 2. The smallest absolute Gasteiger partial charge is 0.462 e. The van der Waals surface area contributed by atoms with Gasteiger partial charge in [0.15, 0.2) is 6.10 Å². The summed E-state index contributed by atoms with van der Waals surface area (Å²) in [5.41, 5.74) is 0. The van der Waals surface area contributed by atoms with Crippen LogP contribution >= 0.6 is 7.82 Å². The molecule has 0 aliphatic heterocycles. The van der Waals surface area contributed by atoms with Crippen molar-refractivity contribution in [2.75, 3.05) is 47.5 Å². The molecule has 0 aromatic carbocycles. The van der Waals surface area contributed by atoms with E-state index in [-0.39, 0.29) is 32.2 Å². The number of phosphoric ester groups is 1. The van der Waals surface area contributed by atoms with Gasteiger partial charge in [-0.15, -0.1) is 0 Å². The highest BCUT2D eigenvalue weighted by atomic mass is 31.2. The van der Waals surface area contributed by atoms with E-state index in [9.17, 15) is 24.2 Å². The number of aliphatic hydroxyl groups is 1. The Labute approximate surface area is 347 Å². The molecule has 0 amide bonds. The number of allylic oxidation sites excluding steroid dienone is 11. The van der Waals surface area contributed by atoms with Gasteiger partial charge in [0.25, 0.3) is 0 Å². The average Bonchev–Trinajstić information content (AvgIpc) is 3.16. The molecular formula is C46H81NO9P+. The predicted octanol–water partition coefficient (Wildman–Crippen LogP) is 11.2. The lowest BCUT2D eigenvalue weighted by Gasteiger charge is -2.24. The minimum absolute atomic E-state index is 0.0104. The van der Waals surface area contributed by atoms with Gasteiger partial charge in [-0.25, -0.2) is 4.57 Å². The van der Waals surface area contributed by atoms with Gasteiger partial charge in [0.1, 0.15) is 19.8 Å². The van der Waals surface area contributed by atoms with E-state index in [1.807, 2.05) is 52.4 Å². The summed E-state index contributed by atoms with van der Waals surface area (Å²) in [4.78, 5) is 35.3. The van der Waals surface area contributed by atoms with Gasteiger partial charge < -0.3 is 24.0 Å². The number of phosphoric acid groups is 1. The van der Waals surface area contributed by atoms with Gasteiger partial charge in [-0.05, 0) is 70.6 Å². The summed E-state index contributed by atoms with van der Waals surface area (Å²) in [5, 5.41) is 9.48. The van der Waals surface area contributed by atoms with Gasteiger partial charge in [0.05, 0.1) is 33.9 Å². The standard InChI is InChI=1S/C46H80NO9P/c1-6-8-9-10-11-12-13-14-15-19-22-25-28-31-34-37-45(49)53-41-44(42-55-57(51,52)54-40-39-47(3,4)5)56-46(50)38-35-32-29-26-23-20-17-16-18-21-24-27-30-33-36-43(48)7-2/h12-13,17-18,20-21,26-27,29-30,33,36,43-44,48H,6-11,14-16,19,22-25,28,31-32,34-35,37-42H2,1-5H3/p+1/b13-12-,20-17-,21-18-,29-26-,30-27-,36-33+/t43-,44-/m1/s1. The van der Waals surface area contributed by atoms with Crippen molar-refractivity contribution in [2.45, 2.75) is 161 Å². The topological polar surface area (TPSA) is 129 Å². The monoisotopic (exact) mass is 823 g/mol. The molecule has 0 aromatic heterocycles. The maximum Gasteiger partial charge on any atom is 0.472 e. The molecule has 0 aliphatic rings. The van der Waals surface area contributed by atoms with Crippen molar-refractivity contribution < 1.29 is 47.2 Å². The fourth-order valence-electron chi connectivity index (χ4n) is 5.29. The number of likely N-dealkylation sites (N-methyl/N-ethyl adjacent to an activating group) is 1. The largest absolute Gasteiger partial charge is 0.472 e. The second-order valence-electron chi connectivity index (χ2n) is 15.5. The molecule has 328 valence electrons. The summed E-state index contributed by atoms with van der Waals surface area (Å²) in [6, 6.07) is 0. The average molecular weight is 823 g/mol. The Morgan fingerprint density at radius 1 is 0.632 bits per heavy atom. The number of nitrogens with zero attached hydrogens (tertiary/aromatic N) is 1. The van der Waals surface area contributed by atoms with Gasteiger partial charge in [-0.3, -0.25) is 18.6 Å². The first kappa shape index (κ1) is 54.4. The summed E-state index contributed by atoms with van der Waals surface area (Å²) in [7, 11) is 1.40. The molecule has 0 radical (unpaired) electrons. The molecule has 0 fully saturated rings. The fourth-order valence-corrected chi connectivity index (χ4v) is 6.03. The van der Waals surface area contributed by atoms with E-state index >= 15 is 0 Å². The van der Waals surface area contributed by atoms with E-state index in [1.54, 1.807) is 6.08 Å². The van der Waals surface area contributed by atoms with Crippen LogP contribution in [0.4, 0.5) is 0 Å². The van der Waals surface area contributed by atoms with Crippen LogP contribution < -0.4 is 0 Å². The first-order valence-corrected chi connectivity index (χ1v) is 23.3. The SMILES string of the molecule is CCCCCC/C=C\CCCCCCCCCC(=O)OC[C@H](COP(=O)(O)OCC[N+](C)(C)C)OC(=O)CCC/C=C\C/C=C\C/C=C\C/C=C\C=C\[C@H](O)CC. The summed E-state index contributed by atoms with van der Waals surface area (Å²) < 4.78 is 34.2. The Balaban J connectivity index is 4.51. The van der Waals surface area contributed by atoms with Crippen LogP contribution in [0.3, 0.4) is 0 Å². The van der Waals surface area contributed by atoms with E-state index in [4.69, 9.17) is 18.5 Å². The molecule has 0 spiro atoms. The van der Waals surface area contributed by atoms with Crippen LogP contribution in [0.2, 0.25) is 0 Å². The molecule has 2 N–H and O–H groups in total. The molecule has 0 saturated heterocycles. The molecule has 0 saturated carbocycles. The van der Waals surface area contributed by atoms with Crippen molar-refractivity contribution in [1.29, 1.82) is 0 Å². The minimum Gasteiger partial charge on any atom is -0.462 e. The lowest BCUT2D eigenvalue weighted by molar-refractivity contribution is -0.870. The molecule has 10 nitrogen and oxygen atoms in total. The molecule has 3 atom stereocenters. The van der Waals surface area contributed by atoms with Crippen LogP contribution in [-0.2, 0) is 32.7 Å². The van der Waals surface area contributed by atoms with Crippen molar-refractivity contribution >= 4 is 19.8 Å². The normalized spacial score (nSPS) is 14.9. The van der Waals surface area contributed by atoms with Crippen LogP contribution in [0.25, 0.3) is 0 Å². The Kier molecular flexibility index (Phi) is 36.0. The summed E-state index contributed by atoms with van der Waals surface area (Å²) in [6.45, 7) is 3.98. The number of carbonyl (C=O) groups excluding carboxylic acids is 2. The highest BCUT2D eigenvalue weighted by Crippen LogP contribution is 2.43. The number of hydrogen-bond acceptors (Lipinski definition) is 8. The Morgan fingerprint density at radius 2 is 1.16 bits per heavy atom. The summed E-state index contributed by atoms with van der Waals surface area (Å²) in [6.07, 6.45) is 43.3. The number of quaternary nitrogens is 1. The van der Waals surface area contributed by atoms with Crippen molar-refractivity contribution in [3.63, 3.8) is 0 Å². The summed E-state index contributed by atoms with van der Waals surface area (Å²) in [5.74, 6) is -0.898. The van der Waals surface area contributed by atoms with Crippen molar-refractivity contribution in [3.8, 4) is 0 Å². The predicted molar refractivity (Wildman–Crippen MR) is 235 cm³/mol. The molecule has 0 rings (SSSR count). The Hall–Kier alpha value is -2.59. The molecule has 11 heteroatoms. The molecule has 0 heterocycles. The maximum atomic E-state index is 12.7. The zero-order valence-electron chi connectivity index (χ0n) is 36.4. The van der Waals surface area contributed by atoms with Crippen LogP contribution in [0.5, 0.6) is 0 Å². The van der Waals surface area contributed by atoms with E-state index in [2.05, 4.69) is 49.5 Å². The van der Waals surface area contributed by atoms with Crippen molar-refractivity contribution in [2.24, 2.45) is 0 Å². The zero-order chi connectivity index (χ0) is 42.3. The molecule has 0 aromatic rings. The van der Waals surface area contributed by atoms with Crippen LogP contribution in [0.1, 0.15) is 149 Å². The van der Waals surface area contributed by atoms with Crippen LogP contribution in [0.15, 0.2) is 72.9 Å². The van der Waals surface area contributed by atoms with Gasteiger partial charge >= 0.3 is 19.8 Å². The van der Waals surface area contributed by atoms with E-state index < -0.39 is 32.5 Å². The molecule has 57 heavy (non-hydrogen) atoms. The third-order valence-corrected chi connectivity index (χ3v) is 9.86. The Bertz CT molecular complexity index is 1220. The van der Waals surface area contributed by atoms with E-state index in [0.29, 0.717) is 30.3 Å². The van der Waals surface area contributed by atoms with Gasteiger partial charge in [0.2, 0.25) is 0 Å². The number of unbranched alkanes of at least 4 members (excludes halogenated alkanes) is 12. The first-order valence-electron chi connectivity index (χ1n) is 21.8. The van der Waals surface area contributed by atoms with Crippen molar-refractivity contribution in [3.05, 3.63) is 72.9 Å². The number of aliphatic hydroxyl groups excluding tert-OH is 1. The maximum absolute atomic E-state index is 12.7. The number of esters is 2. The van der Waals surface area contributed by atoms with Crippen LogP contribution in [-0.4, -0.2) is 86.1 Å². The first-order chi connectivity index (χ1) is 27.4. The number of carbonyl (C=O) groups is 2. The second kappa shape index (κ2) is 37.7. The molecule has 0 bridgehead atoms. The third kappa shape index (κ3) is 41.4. The molecule has 1 unspecified atom stereocenters. The molecular weight excluding hydrogens is 741 g/mol. The minimum atomic E-state index is -4.40. The zero-order valence-corrected chi connectivity index (χ0v) is 37.3. The van der Waals surface area contributed by atoms with Crippen LogP contribution in [0, 0.1) is 0 Å². The quantitative estimate of drug-likeness (QED) is 0.0156. The lowest BCUT2D eigenvalue weighted by atomic mass is 10.1. The van der Waals surface area contributed by atoms with Crippen molar-refractivity contribution in [1.82, 2.24) is 0 Å².